The van der Waals surface area contributed by atoms with Crippen LogP contribution < -0.4 is 4.74 Å². The molecule has 0 fully saturated rings. The monoisotopic (exact) mass is 266 g/mol. The van der Waals surface area contributed by atoms with Crippen molar-refractivity contribution in [2.45, 2.75) is 0 Å². The SMILES string of the molecule is N#Cc1c(Oc2ccc(F)cc2F)ccnc1Cl. The lowest BCUT2D eigenvalue weighted by Crippen LogP contribution is -1.93. The van der Waals surface area contributed by atoms with E-state index in [1.54, 1.807) is 6.07 Å². The van der Waals surface area contributed by atoms with E-state index in [0.29, 0.717) is 6.07 Å². The van der Waals surface area contributed by atoms with Gasteiger partial charge in [0.1, 0.15) is 23.2 Å². The zero-order chi connectivity index (χ0) is 13.1. The molecule has 0 unspecified atom stereocenters. The quantitative estimate of drug-likeness (QED) is 0.779. The first-order chi connectivity index (χ1) is 8.61. The molecule has 0 aliphatic rings. The maximum absolute atomic E-state index is 13.4. The van der Waals surface area contributed by atoms with Gasteiger partial charge in [-0.05, 0) is 12.1 Å². The van der Waals surface area contributed by atoms with Crippen molar-refractivity contribution >= 4 is 11.6 Å². The fraction of sp³-hybridized carbons (Fsp3) is 0. The second-order valence-electron chi connectivity index (χ2n) is 3.26. The third-order valence-corrected chi connectivity index (χ3v) is 2.38. The fourth-order valence-corrected chi connectivity index (χ4v) is 1.47. The maximum Gasteiger partial charge on any atom is 0.168 e. The molecule has 2 aromatic rings. The minimum atomic E-state index is -0.869. The number of aromatic nitrogens is 1. The van der Waals surface area contributed by atoms with Gasteiger partial charge in [-0.25, -0.2) is 13.8 Å². The Morgan fingerprint density at radius 1 is 1.22 bits per heavy atom. The fourth-order valence-electron chi connectivity index (χ4n) is 1.28. The van der Waals surface area contributed by atoms with Gasteiger partial charge in [0.05, 0.1) is 0 Å². The van der Waals surface area contributed by atoms with Crippen LogP contribution >= 0.6 is 11.6 Å². The predicted octanol–water partition coefficient (Wildman–Crippen LogP) is 3.68. The van der Waals surface area contributed by atoms with Crippen LogP contribution in [0.3, 0.4) is 0 Å². The summed E-state index contributed by atoms with van der Waals surface area (Å²) in [6.45, 7) is 0. The molecule has 0 amide bonds. The molecule has 0 aliphatic heterocycles. The number of hydrogen-bond donors (Lipinski definition) is 0. The van der Waals surface area contributed by atoms with E-state index >= 15 is 0 Å². The van der Waals surface area contributed by atoms with Crippen LogP contribution in [0.4, 0.5) is 8.78 Å². The van der Waals surface area contributed by atoms with Crippen LogP contribution in [0, 0.1) is 23.0 Å². The van der Waals surface area contributed by atoms with Crippen molar-refractivity contribution in [3.05, 3.63) is 52.8 Å². The lowest BCUT2D eigenvalue weighted by atomic mass is 10.2. The van der Waals surface area contributed by atoms with Crippen LogP contribution in [0.25, 0.3) is 0 Å². The number of hydrogen-bond acceptors (Lipinski definition) is 3. The van der Waals surface area contributed by atoms with E-state index in [4.69, 9.17) is 21.6 Å². The van der Waals surface area contributed by atoms with Crippen molar-refractivity contribution in [2.24, 2.45) is 0 Å². The summed E-state index contributed by atoms with van der Waals surface area (Å²) in [6, 6.07) is 6.03. The van der Waals surface area contributed by atoms with Crippen molar-refractivity contribution in [3.8, 4) is 17.6 Å². The maximum atomic E-state index is 13.4. The number of pyridine rings is 1. The van der Waals surface area contributed by atoms with Gasteiger partial charge in [-0.2, -0.15) is 5.26 Å². The van der Waals surface area contributed by atoms with E-state index in [1.165, 1.54) is 12.3 Å². The summed E-state index contributed by atoms with van der Waals surface area (Å²) in [6.07, 6.45) is 1.32. The van der Waals surface area contributed by atoms with Crippen molar-refractivity contribution in [3.63, 3.8) is 0 Å². The molecular formula is C12H5ClF2N2O. The lowest BCUT2D eigenvalue weighted by Gasteiger charge is -2.08. The van der Waals surface area contributed by atoms with Gasteiger partial charge >= 0.3 is 0 Å². The zero-order valence-electron chi connectivity index (χ0n) is 8.82. The number of nitriles is 1. The van der Waals surface area contributed by atoms with E-state index in [1.807, 2.05) is 0 Å². The average molecular weight is 267 g/mol. The minimum absolute atomic E-state index is 0.0112. The van der Waals surface area contributed by atoms with Crippen LogP contribution in [-0.2, 0) is 0 Å². The first-order valence-corrected chi connectivity index (χ1v) is 5.17. The second-order valence-corrected chi connectivity index (χ2v) is 3.62. The first-order valence-electron chi connectivity index (χ1n) is 4.79. The Morgan fingerprint density at radius 3 is 2.67 bits per heavy atom. The van der Waals surface area contributed by atoms with Gasteiger partial charge in [0.2, 0.25) is 0 Å². The highest BCUT2D eigenvalue weighted by molar-refractivity contribution is 6.30. The summed E-state index contributed by atoms with van der Waals surface area (Å²) in [5, 5.41) is 8.84. The van der Waals surface area contributed by atoms with Gasteiger partial charge in [-0.15, -0.1) is 0 Å². The summed E-state index contributed by atoms with van der Waals surface area (Å²) in [5.74, 6) is -1.72. The molecule has 90 valence electrons. The predicted molar refractivity (Wildman–Crippen MR) is 60.4 cm³/mol. The first kappa shape index (κ1) is 12.3. The highest BCUT2D eigenvalue weighted by Crippen LogP contribution is 2.29. The number of nitrogens with zero attached hydrogens (tertiary/aromatic N) is 2. The molecule has 6 heteroatoms. The topological polar surface area (TPSA) is 45.9 Å². The standard InChI is InChI=1S/C12H5ClF2N2O/c13-12-8(6-16)10(3-4-17-12)18-11-2-1-7(14)5-9(11)15/h1-5H. The van der Waals surface area contributed by atoms with Gasteiger partial charge in [-0.3, -0.25) is 0 Å². The van der Waals surface area contributed by atoms with E-state index < -0.39 is 11.6 Å². The Bertz CT molecular complexity index is 640. The van der Waals surface area contributed by atoms with Crippen molar-refractivity contribution < 1.29 is 13.5 Å². The minimum Gasteiger partial charge on any atom is -0.453 e. The number of benzene rings is 1. The molecule has 0 saturated heterocycles. The Balaban J connectivity index is 2.41. The lowest BCUT2D eigenvalue weighted by molar-refractivity contribution is 0.436. The Morgan fingerprint density at radius 2 is 2.00 bits per heavy atom. The Kier molecular flexibility index (Phi) is 3.40. The third-order valence-electron chi connectivity index (χ3n) is 2.09. The molecule has 0 spiro atoms. The van der Waals surface area contributed by atoms with Crippen LogP contribution in [0.1, 0.15) is 5.56 Å². The Labute approximate surface area is 106 Å². The summed E-state index contributed by atoms with van der Waals surface area (Å²) >= 11 is 5.69. The summed E-state index contributed by atoms with van der Waals surface area (Å²) in [4.78, 5) is 3.70. The van der Waals surface area contributed by atoms with Gasteiger partial charge < -0.3 is 4.74 Å². The summed E-state index contributed by atoms with van der Waals surface area (Å²) in [5.41, 5.74) is -0.0112. The van der Waals surface area contributed by atoms with Crippen LogP contribution in [0.2, 0.25) is 5.15 Å². The van der Waals surface area contributed by atoms with E-state index in [2.05, 4.69) is 4.98 Å². The molecule has 0 bridgehead atoms. The van der Waals surface area contributed by atoms with Crippen molar-refractivity contribution in [1.29, 1.82) is 5.26 Å². The molecule has 2 rings (SSSR count). The van der Waals surface area contributed by atoms with Gasteiger partial charge in [0, 0.05) is 18.3 Å². The third kappa shape index (κ3) is 2.39. The molecule has 18 heavy (non-hydrogen) atoms. The van der Waals surface area contributed by atoms with Crippen LogP contribution in [-0.4, -0.2) is 4.98 Å². The van der Waals surface area contributed by atoms with E-state index in [9.17, 15) is 8.78 Å². The molecule has 1 aromatic heterocycles. The normalized spacial score (nSPS) is 9.89. The molecule has 1 heterocycles. The average Bonchev–Trinajstić information content (AvgIpc) is 2.33. The zero-order valence-corrected chi connectivity index (χ0v) is 9.58. The molecule has 0 saturated carbocycles. The molecular weight excluding hydrogens is 262 g/mol. The second kappa shape index (κ2) is 4.98. The van der Waals surface area contributed by atoms with Crippen LogP contribution in [0.15, 0.2) is 30.5 Å². The Hall–Kier alpha value is -2.19. The number of halogens is 3. The molecule has 0 radical (unpaired) electrons. The number of rotatable bonds is 2. The molecule has 3 nitrogen and oxygen atoms in total. The van der Waals surface area contributed by atoms with Crippen LogP contribution in [0.5, 0.6) is 11.5 Å². The van der Waals surface area contributed by atoms with E-state index in [-0.39, 0.29) is 22.2 Å². The van der Waals surface area contributed by atoms with Gasteiger partial charge in [0.25, 0.3) is 0 Å². The summed E-state index contributed by atoms with van der Waals surface area (Å²) < 4.78 is 31.3. The largest absolute Gasteiger partial charge is 0.453 e. The van der Waals surface area contributed by atoms with Crippen molar-refractivity contribution in [2.75, 3.05) is 0 Å². The highest BCUT2D eigenvalue weighted by atomic mass is 35.5. The molecule has 1 aromatic carbocycles. The highest BCUT2D eigenvalue weighted by Gasteiger charge is 2.12. The van der Waals surface area contributed by atoms with E-state index in [0.717, 1.165) is 12.1 Å². The van der Waals surface area contributed by atoms with Crippen molar-refractivity contribution in [1.82, 2.24) is 4.98 Å². The molecule has 0 atom stereocenters. The molecule has 0 aliphatic carbocycles. The van der Waals surface area contributed by atoms with Gasteiger partial charge in [-0.1, -0.05) is 11.6 Å². The molecule has 0 N–H and O–H groups in total. The number of ether oxygens (including phenoxy) is 1. The van der Waals surface area contributed by atoms with Gasteiger partial charge in [0.15, 0.2) is 16.7 Å². The smallest absolute Gasteiger partial charge is 0.168 e. The summed E-state index contributed by atoms with van der Waals surface area (Å²) in [7, 11) is 0.